The molecule has 0 heterocycles. The van der Waals surface area contributed by atoms with E-state index in [1.807, 2.05) is 0 Å². The highest BCUT2D eigenvalue weighted by molar-refractivity contribution is 5.89. The lowest BCUT2D eigenvalue weighted by Gasteiger charge is -2.08. The number of benzene rings is 1. The molecule has 0 aliphatic heterocycles. The van der Waals surface area contributed by atoms with Gasteiger partial charge < -0.3 is 4.74 Å². The Bertz CT molecular complexity index is 398. The first-order valence-corrected chi connectivity index (χ1v) is 4.27. The second-order valence-corrected chi connectivity index (χ2v) is 3.10. The normalized spacial score (nSPS) is 11.3. The van der Waals surface area contributed by atoms with E-state index in [0.717, 1.165) is 25.3 Å². The van der Waals surface area contributed by atoms with Crippen molar-refractivity contribution in [3.8, 4) is 0 Å². The molecule has 88 valence electrons. The predicted octanol–water partition coefficient (Wildman–Crippen LogP) is 2.72. The Morgan fingerprint density at radius 1 is 1.38 bits per heavy atom. The zero-order valence-corrected chi connectivity index (χ0v) is 8.27. The number of hydrogen-bond acceptors (Lipinski definition) is 2. The van der Waals surface area contributed by atoms with Crippen LogP contribution in [-0.2, 0) is 11.2 Å². The molecule has 0 spiro atoms. The van der Waals surface area contributed by atoms with Gasteiger partial charge in [-0.3, -0.25) is 0 Å². The molecule has 0 saturated heterocycles. The van der Waals surface area contributed by atoms with Gasteiger partial charge in [0.1, 0.15) is 5.82 Å². The lowest BCUT2D eigenvalue weighted by molar-refractivity contribution is -0.127. The molecule has 0 bridgehead atoms. The quantitative estimate of drug-likeness (QED) is 0.583. The van der Waals surface area contributed by atoms with Crippen LogP contribution in [0.1, 0.15) is 15.9 Å². The molecule has 1 aromatic carbocycles. The number of halogens is 4. The first-order chi connectivity index (χ1) is 7.33. The van der Waals surface area contributed by atoms with E-state index in [1.54, 1.807) is 0 Å². The monoisotopic (exact) mass is 236 g/mol. The third kappa shape index (κ3) is 3.22. The van der Waals surface area contributed by atoms with Gasteiger partial charge >= 0.3 is 12.1 Å². The minimum Gasteiger partial charge on any atom is -0.465 e. The van der Waals surface area contributed by atoms with Crippen molar-refractivity contribution < 1.29 is 27.1 Å². The maximum atomic E-state index is 13.1. The Labute approximate surface area is 88.8 Å². The highest BCUT2D eigenvalue weighted by Gasteiger charge is 2.28. The van der Waals surface area contributed by atoms with Crippen molar-refractivity contribution in [3.05, 3.63) is 35.1 Å². The minimum atomic E-state index is -4.40. The van der Waals surface area contributed by atoms with Crippen molar-refractivity contribution in [2.75, 3.05) is 7.11 Å². The van der Waals surface area contributed by atoms with Crippen molar-refractivity contribution in [2.45, 2.75) is 12.6 Å². The Hall–Kier alpha value is -1.59. The number of carbonyl (C=O) groups is 1. The third-order valence-electron chi connectivity index (χ3n) is 1.84. The molecule has 1 aromatic rings. The summed E-state index contributed by atoms with van der Waals surface area (Å²) >= 11 is 0. The molecule has 0 radical (unpaired) electrons. The van der Waals surface area contributed by atoms with E-state index < -0.39 is 29.9 Å². The number of esters is 1. The van der Waals surface area contributed by atoms with Gasteiger partial charge in [0.2, 0.25) is 0 Å². The fourth-order valence-electron chi connectivity index (χ4n) is 1.18. The highest BCUT2D eigenvalue weighted by Crippen LogP contribution is 2.22. The van der Waals surface area contributed by atoms with Crippen LogP contribution in [0, 0.1) is 5.82 Å². The predicted molar refractivity (Wildman–Crippen MR) is 47.5 cm³/mol. The van der Waals surface area contributed by atoms with Crippen LogP contribution < -0.4 is 0 Å². The highest BCUT2D eigenvalue weighted by atomic mass is 19.4. The maximum Gasteiger partial charge on any atom is 0.393 e. The molecular formula is C10H8F4O2. The summed E-state index contributed by atoms with van der Waals surface area (Å²) in [5.74, 6) is -1.90. The van der Waals surface area contributed by atoms with E-state index in [4.69, 9.17) is 0 Å². The summed E-state index contributed by atoms with van der Waals surface area (Å²) in [6, 6.07) is 2.64. The fraction of sp³-hybridized carbons (Fsp3) is 0.300. The molecule has 6 heteroatoms. The van der Waals surface area contributed by atoms with Crippen LogP contribution in [0.3, 0.4) is 0 Å². The van der Waals surface area contributed by atoms with E-state index >= 15 is 0 Å². The van der Waals surface area contributed by atoms with E-state index in [-0.39, 0.29) is 5.56 Å². The summed E-state index contributed by atoms with van der Waals surface area (Å²) in [4.78, 5) is 11.0. The molecule has 0 N–H and O–H groups in total. The zero-order chi connectivity index (χ0) is 12.3. The Balaban J connectivity index is 3.03. The molecule has 0 unspecified atom stereocenters. The molecule has 0 aliphatic carbocycles. The average Bonchev–Trinajstić information content (AvgIpc) is 2.18. The third-order valence-corrected chi connectivity index (χ3v) is 1.84. The summed E-state index contributed by atoms with van der Waals surface area (Å²) in [6.45, 7) is 0. The summed E-state index contributed by atoms with van der Waals surface area (Å²) in [6.07, 6.45) is -5.61. The van der Waals surface area contributed by atoms with Crippen LogP contribution in [0.25, 0.3) is 0 Å². The number of methoxy groups -OCH3 is 1. The molecule has 0 amide bonds. The Kier molecular flexibility index (Phi) is 3.51. The zero-order valence-electron chi connectivity index (χ0n) is 8.27. The van der Waals surface area contributed by atoms with Crippen molar-refractivity contribution in [3.63, 3.8) is 0 Å². The number of hydrogen-bond donors (Lipinski definition) is 0. The smallest absolute Gasteiger partial charge is 0.393 e. The van der Waals surface area contributed by atoms with Gasteiger partial charge in [0.05, 0.1) is 19.1 Å². The SMILES string of the molecule is COC(=O)c1cc(CC(F)(F)F)ccc1F. The molecule has 16 heavy (non-hydrogen) atoms. The van der Waals surface area contributed by atoms with Gasteiger partial charge in [-0.05, 0) is 17.7 Å². The van der Waals surface area contributed by atoms with E-state index in [9.17, 15) is 22.4 Å². The molecule has 0 aliphatic rings. The van der Waals surface area contributed by atoms with Gasteiger partial charge in [0.25, 0.3) is 0 Å². The van der Waals surface area contributed by atoms with E-state index in [2.05, 4.69) is 4.74 Å². The van der Waals surface area contributed by atoms with Gasteiger partial charge in [-0.15, -0.1) is 0 Å². The van der Waals surface area contributed by atoms with Gasteiger partial charge in [-0.25, -0.2) is 9.18 Å². The molecule has 0 aromatic heterocycles. The van der Waals surface area contributed by atoms with Crippen molar-refractivity contribution >= 4 is 5.97 Å². The number of alkyl halides is 3. The lowest BCUT2D eigenvalue weighted by atomic mass is 10.1. The van der Waals surface area contributed by atoms with Crippen LogP contribution in [0.2, 0.25) is 0 Å². The molecule has 0 fully saturated rings. The number of ether oxygens (including phenoxy) is 1. The summed E-state index contributed by atoms with van der Waals surface area (Å²) in [5, 5.41) is 0. The van der Waals surface area contributed by atoms with Gasteiger partial charge in [0.15, 0.2) is 0 Å². The lowest BCUT2D eigenvalue weighted by Crippen LogP contribution is -2.13. The number of rotatable bonds is 2. The second kappa shape index (κ2) is 4.51. The van der Waals surface area contributed by atoms with Gasteiger partial charge in [-0.1, -0.05) is 6.07 Å². The largest absolute Gasteiger partial charge is 0.465 e. The van der Waals surface area contributed by atoms with Crippen molar-refractivity contribution in [1.29, 1.82) is 0 Å². The molecule has 0 saturated carbocycles. The average molecular weight is 236 g/mol. The summed E-state index contributed by atoms with van der Waals surface area (Å²) in [7, 11) is 1.03. The second-order valence-electron chi connectivity index (χ2n) is 3.10. The standard InChI is InChI=1S/C10H8F4O2/c1-16-9(15)7-4-6(2-3-8(7)11)5-10(12,13)14/h2-4H,5H2,1H3. The van der Waals surface area contributed by atoms with Crippen LogP contribution >= 0.6 is 0 Å². The van der Waals surface area contributed by atoms with E-state index in [1.165, 1.54) is 0 Å². The van der Waals surface area contributed by atoms with Gasteiger partial charge in [0, 0.05) is 0 Å². The van der Waals surface area contributed by atoms with Crippen LogP contribution in [-0.4, -0.2) is 19.3 Å². The van der Waals surface area contributed by atoms with Crippen molar-refractivity contribution in [1.82, 2.24) is 0 Å². The molecule has 1 rings (SSSR count). The van der Waals surface area contributed by atoms with Crippen LogP contribution in [0.15, 0.2) is 18.2 Å². The Morgan fingerprint density at radius 3 is 2.50 bits per heavy atom. The fourth-order valence-corrected chi connectivity index (χ4v) is 1.18. The van der Waals surface area contributed by atoms with Crippen LogP contribution in [0.4, 0.5) is 17.6 Å². The molecule has 0 atom stereocenters. The van der Waals surface area contributed by atoms with Crippen molar-refractivity contribution in [2.24, 2.45) is 0 Å². The van der Waals surface area contributed by atoms with E-state index in [0.29, 0.717) is 0 Å². The topological polar surface area (TPSA) is 26.3 Å². The maximum absolute atomic E-state index is 13.1. The molecule has 2 nitrogen and oxygen atoms in total. The first kappa shape index (κ1) is 12.5. The minimum absolute atomic E-state index is 0.186. The van der Waals surface area contributed by atoms with Crippen LogP contribution in [0.5, 0.6) is 0 Å². The van der Waals surface area contributed by atoms with Gasteiger partial charge in [-0.2, -0.15) is 13.2 Å². The number of carbonyl (C=O) groups excluding carboxylic acids is 1. The Morgan fingerprint density at radius 2 is 2.00 bits per heavy atom. The summed E-state index contributed by atoms with van der Waals surface area (Å²) in [5.41, 5.74) is -0.682. The molecular weight excluding hydrogens is 228 g/mol. The summed E-state index contributed by atoms with van der Waals surface area (Å²) < 4.78 is 53.4. The first-order valence-electron chi connectivity index (χ1n) is 4.27.